The van der Waals surface area contributed by atoms with E-state index in [0.29, 0.717) is 19.6 Å². The number of carbonyl (C=O) groups is 1. The fourth-order valence-electron chi connectivity index (χ4n) is 0.985. The maximum Gasteiger partial charge on any atom is 0.248 e. The van der Waals surface area contributed by atoms with E-state index < -0.39 is 0 Å². The lowest BCUT2D eigenvalue weighted by Crippen LogP contribution is -2.39. The highest BCUT2D eigenvalue weighted by atomic mass is 16.5. The monoisotopic (exact) mass is 202 g/mol. The summed E-state index contributed by atoms with van der Waals surface area (Å²) in [6.07, 6.45) is 0. The van der Waals surface area contributed by atoms with Crippen molar-refractivity contribution in [3.8, 4) is 0 Å². The summed E-state index contributed by atoms with van der Waals surface area (Å²) in [5, 5.41) is 0. The highest BCUT2D eigenvalue weighted by Gasteiger charge is 2.16. The number of hydrogen-bond acceptors (Lipinski definition) is 3. The second-order valence-corrected chi connectivity index (χ2v) is 4.16. The molecule has 0 aliphatic rings. The topological polar surface area (TPSA) is 55.6 Å². The fourth-order valence-corrected chi connectivity index (χ4v) is 0.985. The van der Waals surface area contributed by atoms with Gasteiger partial charge in [-0.1, -0.05) is 0 Å². The van der Waals surface area contributed by atoms with Gasteiger partial charge in [0.25, 0.3) is 0 Å². The van der Waals surface area contributed by atoms with Crippen LogP contribution in [-0.4, -0.2) is 42.6 Å². The summed E-state index contributed by atoms with van der Waals surface area (Å²) in [5.74, 6) is 0.00729. The van der Waals surface area contributed by atoms with E-state index in [1.807, 2.05) is 27.7 Å². The molecule has 0 bridgehead atoms. The van der Waals surface area contributed by atoms with E-state index in [0.717, 1.165) is 0 Å². The lowest BCUT2D eigenvalue weighted by atomic mass is 10.2. The maximum atomic E-state index is 11.6. The molecule has 0 aromatic carbocycles. The Labute approximate surface area is 86.4 Å². The van der Waals surface area contributed by atoms with Crippen molar-refractivity contribution in [2.75, 3.05) is 26.2 Å². The molecule has 2 N–H and O–H groups in total. The Hall–Kier alpha value is -0.610. The predicted molar refractivity (Wildman–Crippen MR) is 57.0 cm³/mol. The number of ether oxygens (including phenoxy) is 1. The molecular weight excluding hydrogens is 180 g/mol. The third-order valence-electron chi connectivity index (χ3n) is 1.76. The summed E-state index contributed by atoms with van der Waals surface area (Å²) in [5.41, 5.74) is 5.12. The second kappa shape index (κ2) is 5.98. The Morgan fingerprint density at radius 2 is 2.00 bits per heavy atom. The molecule has 0 radical (unpaired) electrons. The third kappa shape index (κ3) is 5.94. The van der Waals surface area contributed by atoms with Gasteiger partial charge in [-0.25, -0.2) is 0 Å². The van der Waals surface area contributed by atoms with E-state index in [9.17, 15) is 4.79 Å². The van der Waals surface area contributed by atoms with Gasteiger partial charge in [0, 0.05) is 19.6 Å². The molecule has 0 aliphatic carbocycles. The molecule has 0 spiro atoms. The van der Waals surface area contributed by atoms with Crippen molar-refractivity contribution in [1.29, 1.82) is 0 Å². The van der Waals surface area contributed by atoms with Crippen molar-refractivity contribution < 1.29 is 9.53 Å². The van der Waals surface area contributed by atoms with Gasteiger partial charge in [-0.15, -0.1) is 0 Å². The Morgan fingerprint density at radius 1 is 1.43 bits per heavy atom. The van der Waals surface area contributed by atoms with Crippen LogP contribution in [0.2, 0.25) is 0 Å². The molecule has 0 aromatic heterocycles. The molecule has 0 fully saturated rings. The summed E-state index contributed by atoms with van der Waals surface area (Å²) < 4.78 is 5.39. The molecule has 0 aromatic rings. The van der Waals surface area contributed by atoms with Gasteiger partial charge >= 0.3 is 0 Å². The van der Waals surface area contributed by atoms with Gasteiger partial charge in [-0.2, -0.15) is 0 Å². The van der Waals surface area contributed by atoms with Crippen LogP contribution in [0, 0.1) is 0 Å². The molecule has 0 unspecified atom stereocenters. The number of amides is 1. The number of nitrogens with two attached hydrogens (primary N) is 1. The number of nitrogens with zero attached hydrogens (tertiary/aromatic N) is 1. The van der Waals surface area contributed by atoms with Gasteiger partial charge in [0.2, 0.25) is 5.91 Å². The Balaban J connectivity index is 3.93. The summed E-state index contributed by atoms with van der Waals surface area (Å²) >= 11 is 0. The highest BCUT2D eigenvalue weighted by molar-refractivity contribution is 5.77. The average molecular weight is 202 g/mol. The van der Waals surface area contributed by atoms with Crippen molar-refractivity contribution in [1.82, 2.24) is 4.90 Å². The summed E-state index contributed by atoms with van der Waals surface area (Å²) in [7, 11) is 0. The Bertz CT molecular complexity index is 175. The van der Waals surface area contributed by atoms with Gasteiger partial charge in [-0.05, 0) is 27.7 Å². The van der Waals surface area contributed by atoms with Crippen LogP contribution in [0.5, 0.6) is 0 Å². The van der Waals surface area contributed by atoms with Crippen LogP contribution in [0.1, 0.15) is 27.7 Å². The first kappa shape index (κ1) is 13.4. The molecule has 4 heteroatoms. The van der Waals surface area contributed by atoms with Crippen LogP contribution in [0.4, 0.5) is 0 Å². The SMILES string of the molecule is CCN(CCN)C(=O)COC(C)(C)C. The van der Waals surface area contributed by atoms with Crippen molar-refractivity contribution in [2.24, 2.45) is 5.73 Å². The second-order valence-electron chi connectivity index (χ2n) is 4.16. The summed E-state index contributed by atoms with van der Waals surface area (Å²) in [4.78, 5) is 13.3. The minimum absolute atomic E-state index is 0.00729. The number of rotatable bonds is 5. The molecule has 0 heterocycles. The fraction of sp³-hybridized carbons (Fsp3) is 0.900. The average Bonchev–Trinajstić information content (AvgIpc) is 2.09. The third-order valence-corrected chi connectivity index (χ3v) is 1.76. The Kier molecular flexibility index (Phi) is 5.72. The van der Waals surface area contributed by atoms with Crippen LogP contribution in [0.25, 0.3) is 0 Å². The molecule has 0 aliphatic heterocycles. The normalized spacial score (nSPS) is 11.5. The number of hydrogen-bond donors (Lipinski definition) is 1. The van der Waals surface area contributed by atoms with Crippen molar-refractivity contribution in [2.45, 2.75) is 33.3 Å². The molecule has 0 saturated carbocycles. The molecular formula is C10H22N2O2. The first-order valence-corrected chi connectivity index (χ1v) is 5.02. The van der Waals surface area contributed by atoms with Crippen LogP contribution < -0.4 is 5.73 Å². The van der Waals surface area contributed by atoms with Crippen molar-refractivity contribution in [3.63, 3.8) is 0 Å². The number of carbonyl (C=O) groups excluding carboxylic acids is 1. The van der Waals surface area contributed by atoms with Gasteiger partial charge < -0.3 is 15.4 Å². The van der Waals surface area contributed by atoms with Crippen LogP contribution in [0.3, 0.4) is 0 Å². The Morgan fingerprint density at radius 3 is 2.36 bits per heavy atom. The molecule has 0 saturated heterocycles. The molecule has 0 atom stereocenters. The van der Waals surface area contributed by atoms with E-state index in [1.165, 1.54) is 0 Å². The molecule has 84 valence electrons. The lowest BCUT2D eigenvalue weighted by Gasteiger charge is -2.24. The standard InChI is InChI=1S/C10H22N2O2/c1-5-12(7-6-11)9(13)8-14-10(2,3)4/h5-8,11H2,1-4H3. The van der Waals surface area contributed by atoms with Crippen molar-refractivity contribution in [3.05, 3.63) is 0 Å². The maximum absolute atomic E-state index is 11.6. The molecule has 0 rings (SSSR count). The van der Waals surface area contributed by atoms with Gasteiger partial charge in [0.05, 0.1) is 5.60 Å². The van der Waals surface area contributed by atoms with Crippen molar-refractivity contribution >= 4 is 5.91 Å². The first-order valence-electron chi connectivity index (χ1n) is 5.02. The zero-order valence-corrected chi connectivity index (χ0v) is 9.67. The van der Waals surface area contributed by atoms with E-state index in [2.05, 4.69) is 0 Å². The first-order chi connectivity index (χ1) is 6.40. The van der Waals surface area contributed by atoms with E-state index in [1.54, 1.807) is 4.90 Å². The van der Waals surface area contributed by atoms with E-state index in [4.69, 9.17) is 10.5 Å². The van der Waals surface area contributed by atoms with E-state index in [-0.39, 0.29) is 18.1 Å². The smallest absolute Gasteiger partial charge is 0.248 e. The van der Waals surface area contributed by atoms with Gasteiger partial charge in [-0.3, -0.25) is 4.79 Å². The number of likely N-dealkylation sites (N-methyl/N-ethyl adjacent to an activating group) is 1. The lowest BCUT2D eigenvalue weighted by molar-refractivity contribution is -0.140. The summed E-state index contributed by atoms with van der Waals surface area (Å²) in [6.45, 7) is 9.64. The minimum Gasteiger partial charge on any atom is -0.366 e. The van der Waals surface area contributed by atoms with Crippen LogP contribution in [0.15, 0.2) is 0 Å². The van der Waals surface area contributed by atoms with Gasteiger partial charge in [0.1, 0.15) is 6.61 Å². The van der Waals surface area contributed by atoms with Gasteiger partial charge in [0.15, 0.2) is 0 Å². The zero-order valence-electron chi connectivity index (χ0n) is 9.67. The molecule has 1 amide bonds. The van der Waals surface area contributed by atoms with Crippen LogP contribution >= 0.6 is 0 Å². The van der Waals surface area contributed by atoms with E-state index >= 15 is 0 Å². The largest absolute Gasteiger partial charge is 0.366 e. The molecule has 4 nitrogen and oxygen atoms in total. The predicted octanol–water partition coefficient (Wildman–Crippen LogP) is 0.609. The van der Waals surface area contributed by atoms with Crippen LogP contribution in [-0.2, 0) is 9.53 Å². The minimum atomic E-state index is -0.266. The highest BCUT2D eigenvalue weighted by Crippen LogP contribution is 2.06. The zero-order chi connectivity index (χ0) is 11.2. The quantitative estimate of drug-likeness (QED) is 0.710. The molecule has 14 heavy (non-hydrogen) atoms. The summed E-state index contributed by atoms with van der Waals surface area (Å²) in [6, 6.07) is 0.